The first kappa shape index (κ1) is 19.7. The van der Waals surface area contributed by atoms with Gasteiger partial charge < -0.3 is 19.3 Å². The second kappa shape index (κ2) is 10.4. The third-order valence-corrected chi connectivity index (χ3v) is 5.07. The molecule has 1 saturated heterocycles. The second-order valence-electron chi connectivity index (χ2n) is 6.86. The van der Waals surface area contributed by atoms with E-state index in [0.29, 0.717) is 18.9 Å². The van der Waals surface area contributed by atoms with Crippen LogP contribution in [0.2, 0.25) is 0 Å². The Hall–Kier alpha value is -1.59. The van der Waals surface area contributed by atoms with E-state index in [2.05, 4.69) is 17.0 Å². The molecular formula is C20H32N2O3. The van der Waals surface area contributed by atoms with Crippen LogP contribution < -0.4 is 4.74 Å². The molecule has 1 aromatic rings. The number of hydrogen-bond donors (Lipinski definition) is 0. The molecule has 0 bridgehead atoms. The van der Waals surface area contributed by atoms with Crippen LogP contribution in [0, 0.1) is 5.92 Å². The highest BCUT2D eigenvalue weighted by molar-refractivity contribution is 5.75. The average Bonchev–Trinajstić information content (AvgIpc) is 2.65. The number of likely N-dealkylation sites (tertiary alicyclic amines) is 1. The Bertz CT molecular complexity index is 527. The summed E-state index contributed by atoms with van der Waals surface area (Å²) in [6, 6.07) is 8.25. The van der Waals surface area contributed by atoms with Crippen molar-refractivity contribution < 1.29 is 14.3 Å². The zero-order chi connectivity index (χ0) is 18.1. The molecule has 5 heteroatoms. The number of ether oxygens (including phenoxy) is 2. The summed E-state index contributed by atoms with van der Waals surface area (Å²) in [5.41, 5.74) is 1.27. The minimum absolute atomic E-state index is 0.181. The smallest absolute Gasteiger partial charge is 0.224 e. The van der Waals surface area contributed by atoms with Crippen molar-refractivity contribution in [1.29, 1.82) is 0 Å². The molecule has 0 N–H and O–H groups in total. The zero-order valence-corrected chi connectivity index (χ0v) is 15.9. The Balaban J connectivity index is 1.70. The van der Waals surface area contributed by atoms with Crippen LogP contribution in [-0.4, -0.2) is 69.8 Å². The summed E-state index contributed by atoms with van der Waals surface area (Å²) in [6.07, 6.45) is 3.82. The Morgan fingerprint density at radius 3 is 2.64 bits per heavy atom. The molecule has 0 atom stereocenters. The number of hydrogen-bond acceptors (Lipinski definition) is 4. The van der Waals surface area contributed by atoms with Gasteiger partial charge in [-0.15, -0.1) is 0 Å². The van der Waals surface area contributed by atoms with E-state index in [1.165, 1.54) is 5.56 Å². The predicted molar refractivity (Wildman–Crippen MR) is 100.0 cm³/mol. The quantitative estimate of drug-likeness (QED) is 0.687. The number of methoxy groups -OCH3 is 2. The molecule has 0 aromatic heterocycles. The number of benzene rings is 1. The Kier molecular flexibility index (Phi) is 8.22. The monoisotopic (exact) mass is 348 g/mol. The van der Waals surface area contributed by atoms with Gasteiger partial charge in [-0.2, -0.15) is 0 Å². The van der Waals surface area contributed by atoms with Gasteiger partial charge in [0.1, 0.15) is 5.75 Å². The van der Waals surface area contributed by atoms with Crippen molar-refractivity contribution in [3.63, 3.8) is 0 Å². The van der Waals surface area contributed by atoms with Crippen LogP contribution in [0.25, 0.3) is 0 Å². The fraction of sp³-hybridized carbons (Fsp3) is 0.650. The largest absolute Gasteiger partial charge is 0.496 e. The number of para-hydroxylation sites is 1. The molecule has 1 amide bonds. The van der Waals surface area contributed by atoms with Crippen LogP contribution in [0.5, 0.6) is 5.75 Å². The van der Waals surface area contributed by atoms with Crippen molar-refractivity contribution in [1.82, 2.24) is 9.80 Å². The van der Waals surface area contributed by atoms with Gasteiger partial charge in [-0.3, -0.25) is 4.79 Å². The van der Waals surface area contributed by atoms with E-state index >= 15 is 0 Å². The van der Waals surface area contributed by atoms with E-state index in [0.717, 1.165) is 51.2 Å². The van der Waals surface area contributed by atoms with Crippen molar-refractivity contribution in [2.24, 2.45) is 5.92 Å². The highest BCUT2D eigenvalue weighted by Crippen LogP contribution is 2.21. The van der Waals surface area contributed by atoms with Gasteiger partial charge in [0.05, 0.1) is 20.1 Å². The van der Waals surface area contributed by atoms with Gasteiger partial charge in [-0.25, -0.2) is 0 Å². The molecule has 2 rings (SSSR count). The van der Waals surface area contributed by atoms with Crippen LogP contribution in [0.15, 0.2) is 24.3 Å². The van der Waals surface area contributed by atoms with Crippen molar-refractivity contribution in [2.45, 2.75) is 25.7 Å². The molecule has 1 aliphatic heterocycles. The first-order chi connectivity index (χ1) is 12.1. The number of rotatable bonds is 9. The van der Waals surface area contributed by atoms with Gasteiger partial charge in [-0.1, -0.05) is 18.2 Å². The standard InChI is InChI=1S/C20H32N2O3/c1-21(20(23)11-15-24-2)16-17-8-12-22(13-9-17)14-10-18-6-4-5-7-19(18)25-3/h4-7,17H,8-16H2,1-3H3. The maximum atomic E-state index is 12.0. The molecule has 25 heavy (non-hydrogen) atoms. The molecule has 1 aliphatic rings. The Morgan fingerprint density at radius 2 is 1.96 bits per heavy atom. The summed E-state index contributed by atoms with van der Waals surface area (Å²) in [7, 11) is 5.27. The van der Waals surface area contributed by atoms with Crippen LogP contribution >= 0.6 is 0 Å². The first-order valence-electron chi connectivity index (χ1n) is 9.21. The van der Waals surface area contributed by atoms with E-state index in [9.17, 15) is 4.79 Å². The lowest BCUT2D eigenvalue weighted by molar-refractivity contribution is -0.131. The fourth-order valence-electron chi connectivity index (χ4n) is 3.45. The van der Waals surface area contributed by atoms with Crippen molar-refractivity contribution in [3.8, 4) is 5.75 Å². The average molecular weight is 348 g/mol. The second-order valence-corrected chi connectivity index (χ2v) is 6.86. The molecule has 0 spiro atoms. The van der Waals surface area contributed by atoms with E-state index in [1.807, 2.05) is 24.1 Å². The van der Waals surface area contributed by atoms with Crippen LogP contribution in [0.4, 0.5) is 0 Å². The molecule has 0 saturated carbocycles. The summed E-state index contributed by atoms with van der Waals surface area (Å²) in [5.74, 6) is 1.77. The number of carbonyl (C=O) groups is 1. The SMILES string of the molecule is COCCC(=O)N(C)CC1CCN(CCc2ccccc2OC)CC1. The lowest BCUT2D eigenvalue weighted by Crippen LogP contribution is -2.40. The van der Waals surface area contributed by atoms with Gasteiger partial charge in [0, 0.05) is 27.2 Å². The molecule has 0 radical (unpaired) electrons. The summed E-state index contributed by atoms with van der Waals surface area (Å²) in [4.78, 5) is 16.4. The molecule has 0 unspecified atom stereocenters. The maximum absolute atomic E-state index is 12.0. The van der Waals surface area contributed by atoms with E-state index in [1.54, 1.807) is 14.2 Å². The van der Waals surface area contributed by atoms with Gasteiger partial charge in [-0.05, 0) is 49.9 Å². The van der Waals surface area contributed by atoms with Crippen molar-refractivity contribution >= 4 is 5.91 Å². The summed E-state index contributed by atoms with van der Waals surface area (Å²) in [6.45, 7) is 4.66. The third kappa shape index (κ3) is 6.33. The molecule has 5 nitrogen and oxygen atoms in total. The van der Waals surface area contributed by atoms with E-state index in [4.69, 9.17) is 9.47 Å². The topological polar surface area (TPSA) is 42.0 Å². The van der Waals surface area contributed by atoms with E-state index in [-0.39, 0.29) is 5.91 Å². The highest BCUT2D eigenvalue weighted by atomic mass is 16.5. The minimum atomic E-state index is 0.181. The van der Waals surface area contributed by atoms with E-state index < -0.39 is 0 Å². The molecule has 0 aliphatic carbocycles. The van der Waals surface area contributed by atoms with Gasteiger partial charge in [0.25, 0.3) is 0 Å². The van der Waals surface area contributed by atoms with Crippen LogP contribution in [0.1, 0.15) is 24.8 Å². The molecule has 1 fully saturated rings. The van der Waals surface area contributed by atoms with Crippen LogP contribution in [-0.2, 0) is 16.0 Å². The number of nitrogens with zero attached hydrogens (tertiary/aromatic N) is 2. The fourth-order valence-corrected chi connectivity index (χ4v) is 3.45. The summed E-state index contributed by atoms with van der Waals surface area (Å²) < 4.78 is 10.4. The first-order valence-corrected chi connectivity index (χ1v) is 9.21. The normalized spacial score (nSPS) is 16.0. The predicted octanol–water partition coefficient (Wildman–Crippen LogP) is 2.44. The molecule has 1 heterocycles. The molecule has 140 valence electrons. The van der Waals surface area contributed by atoms with Crippen LogP contribution in [0.3, 0.4) is 0 Å². The molecular weight excluding hydrogens is 316 g/mol. The number of piperidine rings is 1. The Labute approximate surface area is 151 Å². The van der Waals surface area contributed by atoms with Gasteiger partial charge >= 0.3 is 0 Å². The van der Waals surface area contributed by atoms with Crippen molar-refractivity contribution in [2.75, 3.05) is 54.1 Å². The maximum Gasteiger partial charge on any atom is 0.224 e. The lowest BCUT2D eigenvalue weighted by atomic mass is 9.96. The highest BCUT2D eigenvalue weighted by Gasteiger charge is 2.22. The Morgan fingerprint density at radius 1 is 1.24 bits per heavy atom. The number of carbonyl (C=O) groups excluding carboxylic acids is 1. The summed E-state index contributed by atoms with van der Waals surface area (Å²) in [5, 5.41) is 0. The molecule has 1 aromatic carbocycles. The number of amides is 1. The van der Waals surface area contributed by atoms with Gasteiger partial charge in [0.15, 0.2) is 0 Å². The van der Waals surface area contributed by atoms with Gasteiger partial charge in [0.2, 0.25) is 5.91 Å². The lowest BCUT2D eigenvalue weighted by Gasteiger charge is -2.34. The summed E-state index contributed by atoms with van der Waals surface area (Å²) >= 11 is 0. The zero-order valence-electron chi connectivity index (χ0n) is 15.9. The third-order valence-electron chi connectivity index (χ3n) is 5.07. The van der Waals surface area contributed by atoms with Crippen molar-refractivity contribution in [3.05, 3.63) is 29.8 Å². The minimum Gasteiger partial charge on any atom is -0.496 e.